The number of nitrogens with one attached hydrogen (secondary N) is 1. The number of aryl methyl sites for hydroxylation is 1. The largest absolute Gasteiger partial charge is 0.465 e. The number of amides is 1. The van der Waals surface area contributed by atoms with Gasteiger partial charge in [0, 0.05) is 27.1 Å². The number of ether oxygens (including phenoxy) is 1. The van der Waals surface area contributed by atoms with E-state index in [1.54, 1.807) is 25.9 Å². The molecule has 0 radical (unpaired) electrons. The van der Waals surface area contributed by atoms with Crippen LogP contribution in [0.3, 0.4) is 0 Å². The monoisotopic (exact) mass is 557 g/mol. The van der Waals surface area contributed by atoms with Crippen LogP contribution < -0.4 is 5.32 Å². The van der Waals surface area contributed by atoms with Crippen molar-refractivity contribution in [3.8, 4) is 5.69 Å². The highest BCUT2D eigenvalue weighted by atomic mass is 19.2. The molecule has 2 aromatic heterocycles. The van der Waals surface area contributed by atoms with E-state index in [0.717, 1.165) is 29.8 Å². The van der Waals surface area contributed by atoms with Crippen molar-refractivity contribution in [2.45, 2.75) is 19.8 Å². The van der Waals surface area contributed by atoms with Gasteiger partial charge in [0.1, 0.15) is 41.3 Å². The van der Waals surface area contributed by atoms with Gasteiger partial charge in [-0.05, 0) is 36.8 Å². The van der Waals surface area contributed by atoms with Crippen molar-refractivity contribution < 1.29 is 31.9 Å². The summed E-state index contributed by atoms with van der Waals surface area (Å²) in [6.07, 6.45) is 2.75. The summed E-state index contributed by atoms with van der Waals surface area (Å²) in [5, 5.41) is 6.48. The SMILES string of the molecule is CC(=O)OC[C@H](C(=O)Nc1ccc(-n2nc(C)c3ncnc(/N=C/N(C)C)c32)c(F)c1F)c1cc(F)cc(F)c1. The Kier molecular flexibility index (Phi) is 8.07. The van der Waals surface area contributed by atoms with Crippen LogP contribution in [-0.4, -0.2) is 63.6 Å². The average Bonchev–Trinajstić information content (AvgIpc) is 3.21. The van der Waals surface area contributed by atoms with E-state index in [0.29, 0.717) is 17.3 Å². The first-order valence-corrected chi connectivity index (χ1v) is 11.8. The number of carbonyl (C=O) groups excluding carboxylic acids is 2. The fourth-order valence-corrected chi connectivity index (χ4v) is 3.84. The molecule has 2 aromatic carbocycles. The minimum absolute atomic E-state index is 0.159. The summed E-state index contributed by atoms with van der Waals surface area (Å²) in [6, 6.07) is 4.62. The molecule has 0 aliphatic carbocycles. The lowest BCUT2D eigenvalue weighted by molar-refractivity contribution is -0.142. The molecule has 208 valence electrons. The molecular weight excluding hydrogens is 534 g/mol. The Morgan fingerprint density at radius 2 is 1.80 bits per heavy atom. The van der Waals surface area contributed by atoms with Gasteiger partial charge in [-0.3, -0.25) is 9.59 Å². The van der Waals surface area contributed by atoms with Crippen LogP contribution in [0.4, 0.5) is 29.1 Å². The van der Waals surface area contributed by atoms with Gasteiger partial charge in [-0.2, -0.15) is 5.10 Å². The van der Waals surface area contributed by atoms with Crippen molar-refractivity contribution in [1.29, 1.82) is 0 Å². The van der Waals surface area contributed by atoms with Gasteiger partial charge in [0.15, 0.2) is 17.5 Å². The van der Waals surface area contributed by atoms with E-state index in [1.165, 1.54) is 18.7 Å². The Labute approximate surface area is 225 Å². The zero-order valence-corrected chi connectivity index (χ0v) is 21.7. The molecule has 4 aromatic rings. The molecule has 0 saturated carbocycles. The van der Waals surface area contributed by atoms with E-state index in [9.17, 15) is 18.4 Å². The van der Waals surface area contributed by atoms with Crippen molar-refractivity contribution >= 4 is 40.8 Å². The number of aliphatic imine (C=N–C) groups is 1. The molecule has 1 atom stereocenters. The zero-order chi connectivity index (χ0) is 29.1. The van der Waals surface area contributed by atoms with Crippen molar-refractivity contribution in [1.82, 2.24) is 24.6 Å². The molecule has 1 N–H and O–H groups in total. The molecule has 0 aliphatic heterocycles. The van der Waals surface area contributed by atoms with Gasteiger partial charge in [-0.25, -0.2) is 37.2 Å². The van der Waals surface area contributed by atoms with Crippen LogP contribution in [0.25, 0.3) is 16.7 Å². The molecule has 1 amide bonds. The molecular formula is C26H23F4N7O3. The summed E-state index contributed by atoms with van der Waals surface area (Å²) in [5.41, 5.74) is -0.0410. The molecule has 40 heavy (non-hydrogen) atoms. The predicted octanol–water partition coefficient (Wildman–Crippen LogP) is 4.19. The van der Waals surface area contributed by atoms with E-state index in [-0.39, 0.29) is 22.6 Å². The Morgan fingerprint density at radius 1 is 1.10 bits per heavy atom. The van der Waals surface area contributed by atoms with Gasteiger partial charge >= 0.3 is 5.97 Å². The van der Waals surface area contributed by atoms with E-state index in [2.05, 4.69) is 25.4 Å². The summed E-state index contributed by atoms with van der Waals surface area (Å²) in [5.74, 6) is -7.76. The molecule has 14 heteroatoms. The molecule has 4 rings (SSSR count). The van der Waals surface area contributed by atoms with Crippen LogP contribution in [0.5, 0.6) is 0 Å². The average molecular weight is 558 g/mol. The third-order valence-electron chi connectivity index (χ3n) is 5.62. The Hall–Kier alpha value is -4.88. The van der Waals surface area contributed by atoms with Crippen LogP contribution in [0, 0.1) is 30.2 Å². The Bertz CT molecular complexity index is 1620. The lowest BCUT2D eigenvalue weighted by atomic mass is 9.98. The van der Waals surface area contributed by atoms with Gasteiger partial charge in [-0.1, -0.05) is 0 Å². The first-order valence-electron chi connectivity index (χ1n) is 11.8. The second-order valence-electron chi connectivity index (χ2n) is 8.91. The molecule has 0 saturated heterocycles. The molecule has 0 bridgehead atoms. The van der Waals surface area contributed by atoms with E-state index in [4.69, 9.17) is 4.74 Å². The van der Waals surface area contributed by atoms with Crippen LogP contribution in [0.1, 0.15) is 24.1 Å². The maximum atomic E-state index is 15.4. The van der Waals surface area contributed by atoms with Gasteiger partial charge in [0.2, 0.25) is 5.91 Å². The molecule has 0 spiro atoms. The summed E-state index contributed by atoms with van der Waals surface area (Å²) >= 11 is 0. The predicted molar refractivity (Wildman–Crippen MR) is 138 cm³/mol. The number of anilines is 1. The number of aromatic nitrogens is 4. The summed E-state index contributed by atoms with van der Waals surface area (Å²) in [6.45, 7) is 2.12. The van der Waals surface area contributed by atoms with Crippen LogP contribution in [-0.2, 0) is 14.3 Å². The third-order valence-corrected chi connectivity index (χ3v) is 5.62. The van der Waals surface area contributed by atoms with E-state index < -0.39 is 53.4 Å². The lowest BCUT2D eigenvalue weighted by Crippen LogP contribution is -2.26. The van der Waals surface area contributed by atoms with Crippen molar-refractivity contribution in [2.75, 3.05) is 26.0 Å². The highest BCUT2D eigenvalue weighted by Crippen LogP contribution is 2.31. The fraction of sp³-hybridized carbons (Fsp3) is 0.231. The standard InChI is InChI=1S/C26H23F4N7O3/c1-13-23-24(25(32-11-31-23)33-12-36(3)4)37(35-13)20-6-5-19(21(29)22(20)30)34-26(39)18(10-40-14(2)38)15-7-16(27)9-17(28)8-15/h5-9,11-12,18H,10H2,1-4H3,(H,34,39)/b33-12+/t18-/m0/s1. The van der Waals surface area contributed by atoms with E-state index >= 15 is 8.78 Å². The minimum Gasteiger partial charge on any atom is -0.465 e. The van der Waals surface area contributed by atoms with Crippen molar-refractivity contribution in [3.63, 3.8) is 0 Å². The number of nitrogens with zero attached hydrogens (tertiary/aromatic N) is 6. The van der Waals surface area contributed by atoms with Crippen molar-refractivity contribution in [3.05, 3.63) is 71.2 Å². The number of rotatable bonds is 8. The fourth-order valence-electron chi connectivity index (χ4n) is 3.84. The number of hydrogen-bond acceptors (Lipinski definition) is 7. The summed E-state index contributed by atoms with van der Waals surface area (Å²) in [4.78, 5) is 38.6. The highest BCUT2D eigenvalue weighted by Gasteiger charge is 2.27. The van der Waals surface area contributed by atoms with Gasteiger partial charge in [-0.15, -0.1) is 0 Å². The normalized spacial score (nSPS) is 12.1. The Balaban J connectivity index is 1.72. The zero-order valence-electron chi connectivity index (χ0n) is 21.7. The lowest BCUT2D eigenvalue weighted by Gasteiger charge is -2.18. The number of benzene rings is 2. The highest BCUT2D eigenvalue weighted by molar-refractivity contribution is 5.96. The van der Waals surface area contributed by atoms with Crippen LogP contribution in [0.2, 0.25) is 0 Å². The number of carbonyl (C=O) groups is 2. The number of halogens is 4. The van der Waals surface area contributed by atoms with Gasteiger partial charge < -0.3 is 15.0 Å². The Morgan fingerprint density at radius 3 is 2.45 bits per heavy atom. The third kappa shape index (κ3) is 5.90. The molecule has 0 unspecified atom stereocenters. The maximum absolute atomic E-state index is 15.4. The van der Waals surface area contributed by atoms with Crippen molar-refractivity contribution in [2.24, 2.45) is 4.99 Å². The number of hydrogen-bond donors (Lipinski definition) is 1. The topological polar surface area (TPSA) is 115 Å². The first-order chi connectivity index (χ1) is 19.0. The van der Waals surface area contributed by atoms with Crippen LogP contribution in [0.15, 0.2) is 41.7 Å². The number of fused-ring (bicyclic) bond motifs is 1. The summed E-state index contributed by atoms with van der Waals surface area (Å²) < 4.78 is 64.3. The molecule has 10 nitrogen and oxygen atoms in total. The molecule has 0 fully saturated rings. The quantitative estimate of drug-likeness (QED) is 0.150. The van der Waals surface area contributed by atoms with Gasteiger partial charge in [0.25, 0.3) is 0 Å². The second kappa shape index (κ2) is 11.5. The minimum atomic E-state index is -1.43. The number of esters is 1. The smallest absolute Gasteiger partial charge is 0.302 e. The molecule has 2 heterocycles. The van der Waals surface area contributed by atoms with Gasteiger partial charge in [0.05, 0.1) is 23.6 Å². The molecule has 0 aliphatic rings. The van der Waals surface area contributed by atoms with E-state index in [1.807, 2.05) is 0 Å². The summed E-state index contributed by atoms with van der Waals surface area (Å²) in [7, 11) is 3.49. The van der Waals surface area contributed by atoms with Crippen LogP contribution >= 0.6 is 0 Å². The maximum Gasteiger partial charge on any atom is 0.302 e. The second-order valence-corrected chi connectivity index (χ2v) is 8.91. The first kappa shape index (κ1) is 28.1.